The summed E-state index contributed by atoms with van der Waals surface area (Å²) in [5.41, 5.74) is 1.36. The number of nitrogens with zero attached hydrogens (tertiary/aromatic N) is 1. The second-order valence-electron chi connectivity index (χ2n) is 5.47. The molecule has 102 valence electrons. The normalized spacial score (nSPS) is 27.9. The van der Waals surface area contributed by atoms with Gasteiger partial charge in [0.25, 0.3) is 0 Å². The second kappa shape index (κ2) is 5.61. The van der Waals surface area contributed by atoms with Crippen molar-refractivity contribution in [3.63, 3.8) is 0 Å². The van der Waals surface area contributed by atoms with Crippen LogP contribution in [0.3, 0.4) is 0 Å². The van der Waals surface area contributed by atoms with Crippen molar-refractivity contribution in [1.29, 1.82) is 0 Å². The Morgan fingerprint density at radius 1 is 1.32 bits per heavy atom. The largest absolute Gasteiger partial charge is 0.447 e. The van der Waals surface area contributed by atoms with E-state index in [2.05, 4.69) is 34.5 Å². The van der Waals surface area contributed by atoms with Gasteiger partial charge in [0.05, 0.1) is 6.04 Å². The van der Waals surface area contributed by atoms with Crippen LogP contribution >= 0.6 is 0 Å². The maximum atomic E-state index is 11.1. The molecular weight excluding hydrogens is 240 g/mol. The van der Waals surface area contributed by atoms with E-state index in [-0.39, 0.29) is 12.1 Å². The van der Waals surface area contributed by atoms with Gasteiger partial charge < -0.3 is 10.1 Å². The number of amides is 1. The van der Waals surface area contributed by atoms with Gasteiger partial charge in [0, 0.05) is 13.1 Å². The predicted octanol–water partition coefficient (Wildman–Crippen LogP) is 2.01. The average Bonchev–Trinajstić information content (AvgIpc) is 2.87. The van der Waals surface area contributed by atoms with Gasteiger partial charge in [-0.15, -0.1) is 0 Å². The number of ether oxygens (including phenoxy) is 1. The van der Waals surface area contributed by atoms with E-state index in [1.807, 2.05) is 6.07 Å². The molecule has 4 nitrogen and oxygen atoms in total. The number of hydrogen-bond acceptors (Lipinski definition) is 3. The minimum Gasteiger partial charge on any atom is -0.447 e. The van der Waals surface area contributed by atoms with Crippen molar-refractivity contribution < 1.29 is 9.53 Å². The van der Waals surface area contributed by atoms with Gasteiger partial charge in [0.15, 0.2) is 0 Å². The van der Waals surface area contributed by atoms with Crippen LogP contribution < -0.4 is 5.32 Å². The van der Waals surface area contributed by atoms with Crippen molar-refractivity contribution in [2.45, 2.75) is 25.4 Å². The van der Waals surface area contributed by atoms with E-state index in [1.165, 1.54) is 18.4 Å². The molecule has 0 aromatic heterocycles. The minimum atomic E-state index is -0.259. The molecule has 1 aromatic carbocycles. The van der Waals surface area contributed by atoms with Crippen LogP contribution in [-0.2, 0) is 11.3 Å². The Morgan fingerprint density at radius 2 is 2.16 bits per heavy atom. The summed E-state index contributed by atoms with van der Waals surface area (Å²) in [5.74, 6) is 0.518. The molecule has 2 atom stereocenters. The number of piperidine rings is 1. The van der Waals surface area contributed by atoms with Crippen molar-refractivity contribution in [2.75, 3.05) is 19.7 Å². The van der Waals surface area contributed by atoms with Crippen molar-refractivity contribution in [2.24, 2.45) is 5.92 Å². The number of likely N-dealkylation sites (tertiary alicyclic amines) is 1. The zero-order valence-electron chi connectivity index (χ0n) is 11.0. The highest BCUT2D eigenvalue weighted by Gasteiger charge is 2.33. The maximum absolute atomic E-state index is 11.1. The Balaban J connectivity index is 1.57. The third-order valence-corrected chi connectivity index (χ3v) is 4.06. The first kappa shape index (κ1) is 12.5. The molecule has 2 aliphatic heterocycles. The summed E-state index contributed by atoms with van der Waals surface area (Å²) in [6.45, 7) is 3.72. The van der Waals surface area contributed by atoms with E-state index in [1.54, 1.807) is 0 Å². The Morgan fingerprint density at radius 3 is 2.89 bits per heavy atom. The lowest BCUT2D eigenvalue weighted by Gasteiger charge is -2.34. The number of carbonyl (C=O) groups excluding carboxylic acids is 1. The number of benzene rings is 1. The lowest BCUT2D eigenvalue weighted by molar-refractivity contribution is 0.136. The van der Waals surface area contributed by atoms with E-state index >= 15 is 0 Å². The molecule has 2 aliphatic rings. The van der Waals surface area contributed by atoms with E-state index in [9.17, 15) is 4.79 Å². The van der Waals surface area contributed by atoms with Crippen LogP contribution in [0.5, 0.6) is 0 Å². The Bertz CT molecular complexity index is 435. The molecule has 0 radical (unpaired) electrons. The summed E-state index contributed by atoms with van der Waals surface area (Å²) in [6.07, 6.45) is 2.12. The third-order valence-electron chi connectivity index (χ3n) is 4.06. The second-order valence-corrected chi connectivity index (χ2v) is 5.47. The van der Waals surface area contributed by atoms with Crippen LogP contribution in [0.25, 0.3) is 0 Å². The fourth-order valence-electron chi connectivity index (χ4n) is 3.06. The van der Waals surface area contributed by atoms with Gasteiger partial charge in [-0.25, -0.2) is 4.79 Å². The topological polar surface area (TPSA) is 41.6 Å². The van der Waals surface area contributed by atoms with Crippen LogP contribution in [0, 0.1) is 5.92 Å². The van der Waals surface area contributed by atoms with Crippen molar-refractivity contribution >= 4 is 6.09 Å². The molecule has 1 aromatic rings. The summed E-state index contributed by atoms with van der Waals surface area (Å²) in [7, 11) is 0. The first-order chi connectivity index (χ1) is 9.31. The van der Waals surface area contributed by atoms with E-state index in [0.717, 1.165) is 19.6 Å². The smallest absolute Gasteiger partial charge is 0.407 e. The molecule has 0 saturated carbocycles. The zero-order chi connectivity index (χ0) is 13.1. The monoisotopic (exact) mass is 260 g/mol. The van der Waals surface area contributed by atoms with Crippen LogP contribution in [-0.4, -0.2) is 36.7 Å². The summed E-state index contributed by atoms with van der Waals surface area (Å²) in [5, 5.41) is 2.92. The number of cyclic esters (lactones) is 1. The van der Waals surface area contributed by atoms with Crippen molar-refractivity contribution in [3.05, 3.63) is 35.9 Å². The summed E-state index contributed by atoms with van der Waals surface area (Å²) >= 11 is 0. The molecule has 3 rings (SSSR count). The molecule has 1 amide bonds. The lowest BCUT2D eigenvalue weighted by atomic mass is 9.91. The molecule has 19 heavy (non-hydrogen) atoms. The van der Waals surface area contributed by atoms with Gasteiger partial charge in [-0.05, 0) is 30.9 Å². The Hall–Kier alpha value is -1.55. The number of hydrogen-bond donors (Lipinski definition) is 1. The van der Waals surface area contributed by atoms with Gasteiger partial charge in [-0.2, -0.15) is 0 Å². The van der Waals surface area contributed by atoms with E-state index in [4.69, 9.17) is 4.74 Å². The molecule has 2 heterocycles. The zero-order valence-corrected chi connectivity index (χ0v) is 11.0. The molecule has 0 aliphatic carbocycles. The third kappa shape index (κ3) is 3.07. The molecule has 1 N–H and O–H groups in total. The van der Waals surface area contributed by atoms with Gasteiger partial charge in [0.2, 0.25) is 0 Å². The highest BCUT2D eigenvalue weighted by Crippen LogP contribution is 2.23. The highest BCUT2D eigenvalue weighted by atomic mass is 16.6. The molecule has 4 heteroatoms. The molecule has 2 fully saturated rings. The summed E-state index contributed by atoms with van der Waals surface area (Å²) in [4.78, 5) is 13.6. The van der Waals surface area contributed by atoms with Crippen molar-refractivity contribution in [3.8, 4) is 0 Å². The van der Waals surface area contributed by atoms with Crippen molar-refractivity contribution in [1.82, 2.24) is 10.2 Å². The molecule has 2 unspecified atom stereocenters. The Labute approximate surface area is 113 Å². The molecular formula is C15H20N2O2. The van der Waals surface area contributed by atoms with Crippen LogP contribution in [0.15, 0.2) is 30.3 Å². The van der Waals surface area contributed by atoms with Gasteiger partial charge >= 0.3 is 6.09 Å². The molecule has 2 saturated heterocycles. The van der Waals surface area contributed by atoms with Gasteiger partial charge in [0.1, 0.15) is 6.61 Å². The fraction of sp³-hybridized carbons (Fsp3) is 0.533. The number of nitrogens with one attached hydrogen (secondary N) is 1. The van der Waals surface area contributed by atoms with Crippen LogP contribution in [0.4, 0.5) is 4.79 Å². The number of carbonyl (C=O) groups is 1. The molecule has 0 spiro atoms. The highest BCUT2D eigenvalue weighted by molar-refractivity contribution is 5.69. The quantitative estimate of drug-likeness (QED) is 0.904. The predicted molar refractivity (Wildman–Crippen MR) is 72.7 cm³/mol. The standard InChI is InChI=1S/C15H20N2O2/c18-15-16-14(11-19-15)13-7-4-8-17(10-13)9-12-5-2-1-3-6-12/h1-3,5-6,13-14H,4,7-11H2,(H,16,18). The van der Waals surface area contributed by atoms with Gasteiger partial charge in [-0.3, -0.25) is 4.90 Å². The number of alkyl carbamates (subject to hydrolysis) is 1. The lowest BCUT2D eigenvalue weighted by Crippen LogP contribution is -2.44. The molecule has 0 bridgehead atoms. The first-order valence-electron chi connectivity index (χ1n) is 7.01. The first-order valence-corrected chi connectivity index (χ1v) is 7.01. The summed E-state index contributed by atoms with van der Waals surface area (Å²) < 4.78 is 5.00. The average molecular weight is 260 g/mol. The Kier molecular flexibility index (Phi) is 3.69. The van der Waals surface area contributed by atoms with E-state index in [0.29, 0.717) is 12.5 Å². The van der Waals surface area contributed by atoms with Crippen LogP contribution in [0.2, 0.25) is 0 Å². The fourth-order valence-corrected chi connectivity index (χ4v) is 3.06. The van der Waals surface area contributed by atoms with Crippen LogP contribution in [0.1, 0.15) is 18.4 Å². The number of rotatable bonds is 3. The maximum Gasteiger partial charge on any atom is 0.407 e. The van der Waals surface area contributed by atoms with E-state index < -0.39 is 0 Å². The minimum absolute atomic E-state index is 0.200. The summed E-state index contributed by atoms with van der Waals surface area (Å²) in [6, 6.07) is 10.8. The van der Waals surface area contributed by atoms with Gasteiger partial charge in [-0.1, -0.05) is 30.3 Å². The SMILES string of the molecule is O=C1NC(C2CCCN(Cc3ccccc3)C2)CO1.